The van der Waals surface area contributed by atoms with Crippen molar-refractivity contribution in [2.45, 2.75) is 6.04 Å². The Morgan fingerprint density at radius 2 is 2.31 bits per heavy atom. The van der Waals surface area contributed by atoms with E-state index in [9.17, 15) is 4.39 Å². The van der Waals surface area contributed by atoms with E-state index in [1.165, 1.54) is 12.1 Å². The zero-order valence-electron chi connectivity index (χ0n) is 6.72. The maximum Gasteiger partial charge on any atom is 0.147 e. The minimum absolute atomic E-state index is 0.0352. The molecular weight excluding hydrogens is 191 g/mol. The molecule has 0 heterocycles. The molecular formula is C9H8ClFN2. The quantitative estimate of drug-likeness (QED) is 0.431. The van der Waals surface area contributed by atoms with Gasteiger partial charge in [0, 0.05) is 5.56 Å². The van der Waals surface area contributed by atoms with Gasteiger partial charge in [-0.2, -0.15) is 0 Å². The summed E-state index contributed by atoms with van der Waals surface area (Å²) in [7, 11) is 0. The molecule has 0 radical (unpaired) electrons. The Bertz CT molecular complexity index is 346. The number of terminal acetylenes is 1. The van der Waals surface area contributed by atoms with E-state index in [0.717, 1.165) is 0 Å². The largest absolute Gasteiger partial charge is 0.270 e. The fourth-order valence-corrected chi connectivity index (χ4v) is 1.15. The van der Waals surface area contributed by atoms with Crippen LogP contribution in [0.3, 0.4) is 0 Å². The van der Waals surface area contributed by atoms with Crippen LogP contribution in [-0.2, 0) is 0 Å². The molecule has 13 heavy (non-hydrogen) atoms. The lowest BCUT2D eigenvalue weighted by Gasteiger charge is -2.10. The summed E-state index contributed by atoms with van der Waals surface area (Å²) in [4.78, 5) is 0. The molecule has 3 N–H and O–H groups in total. The van der Waals surface area contributed by atoms with E-state index >= 15 is 0 Å². The van der Waals surface area contributed by atoms with Crippen LogP contribution in [0.15, 0.2) is 18.2 Å². The average Bonchev–Trinajstić information content (AvgIpc) is 2.14. The molecule has 0 aliphatic carbocycles. The van der Waals surface area contributed by atoms with Crippen molar-refractivity contribution in [1.82, 2.24) is 5.43 Å². The second-order valence-electron chi connectivity index (χ2n) is 2.41. The van der Waals surface area contributed by atoms with Gasteiger partial charge < -0.3 is 0 Å². The van der Waals surface area contributed by atoms with Crippen LogP contribution in [0.25, 0.3) is 0 Å². The van der Waals surface area contributed by atoms with Crippen LogP contribution in [0, 0.1) is 18.2 Å². The van der Waals surface area contributed by atoms with Gasteiger partial charge in [-0.1, -0.05) is 29.7 Å². The van der Waals surface area contributed by atoms with E-state index in [4.69, 9.17) is 23.9 Å². The SMILES string of the molecule is C#CC(NN)c1cccc(Cl)c1F. The standard InChI is InChI=1S/C9H8ClFN2/c1-2-8(13-12)6-4-3-5-7(10)9(6)11/h1,3-5,8,13H,12H2. The summed E-state index contributed by atoms with van der Waals surface area (Å²) in [5.74, 6) is 6.90. The lowest BCUT2D eigenvalue weighted by Crippen LogP contribution is -2.27. The molecule has 0 amide bonds. The molecule has 0 aliphatic rings. The zero-order valence-corrected chi connectivity index (χ0v) is 7.48. The van der Waals surface area contributed by atoms with Gasteiger partial charge in [0.15, 0.2) is 0 Å². The van der Waals surface area contributed by atoms with Crippen LogP contribution in [0.5, 0.6) is 0 Å². The average molecular weight is 199 g/mol. The normalized spacial score (nSPS) is 12.2. The van der Waals surface area contributed by atoms with E-state index in [1.54, 1.807) is 6.07 Å². The van der Waals surface area contributed by atoms with Crippen molar-refractivity contribution in [3.05, 3.63) is 34.6 Å². The lowest BCUT2D eigenvalue weighted by molar-refractivity contribution is 0.575. The Morgan fingerprint density at radius 3 is 2.85 bits per heavy atom. The second kappa shape index (κ2) is 4.24. The number of hydrazine groups is 1. The predicted octanol–water partition coefficient (Wildman–Crippen LogP) is 1.62. The van der Waals surface area contributed by atoms with Crippen molar-refractivity contribution in [3.63, 3.8) is 0 Å². The van der Waals surface area contributed by atoms with Crippen LogP contribution in [0.2, 0.25) is 5.02 Å². The molecule has 0 saturated heterocycles. The Labute approximate surface area is 80.9 Å². The van der Waals surface area contributed by atoms with E-state index in [-0.39, 0.29) is 10.6 Å². The monoisotopic (exact) mass is 198 g/mol. The molecule has 2 nitrogen and oxygen atoms in total. The highest BCUT2D eigenvalue weighted by atomic mass is 35.5. The van der Waals surface area contributed by atoms with Crippen LogP contribution in [-0.4, -0.2) is 0 Å². The van der Waals surface area contributed by atoms with Crippen LogP contribution >= 0.6 is 11.6 Å². The maximum atomic E-state index is 13.3. The van der Waals surface area contributed by atoms with Gasteiger partial charge in [-0.3, -0.25) is 5.84 Å². The highest BCUT2D eigenvalue weighted by molar-refractivity contribution is 6.30. The minimum atomic E-state index is -0.654. The molecule has 0 aromatic heterocycles. The molecule has 0 aliphatic heterocycles. The molecule has 1 rings (SSSR count). The van der Waals surface area contributed by atoms with Crippen molar-refractivity contribution < 1.29 is 4.39 Å². The molecule has 0 bridgehead atoms. The molecule has 1 atom stereocenters. The van der Waals surface area contributed by atoms with E-state index < -0.39 is 11.9 Å². The first-order valence-corrected chi connectivity index (χ1v) is 3.94. The van der Waals surface area contributed by atoms with Gasteiger partial charge in [0.2, 0.25) is 0 Å². The van der Waals surface area contributed by atoms with Gasteiger partial charge >= 0.3 is 0 Å². The summed E-state index contributed by atoms with van der Waals surface area (Å²) in [5.41, 5.74) is 2.58. The van der Waals surface area contributed by atoms with Gasteiger partial charge in [0.05, 0.1) is 5.02 Å². The molecule has 0 spiro atoms. The summed E-state index contributed by atoms with van der Waals surface area (Å²) in [6.45, 7) is 0. The van der Waals surface area contributed by atoms with E-state index in [1.807, 2.05) is 0 Å². The Morgan fingerprint density at radius 1 is 1.62 bits per heavy atom. The molecule has 1 aromatic rings. The molecule has 1 aromatic carbocycles. The Kier molecular flexibility index (Phi) is 3.26. The molecule has 0 fully saturated rings. The van der Waals surface area contributed by atoms with Gasteiger partial charge in [0.1, 0.15) is 11.9 Å². The van der Waals surface area contributed by atoms with Crippen molar-refractivity contribution in [2.75, 3.05) is 0 Å². The summed E-state index contributed by atoms with van der Waals surface area (Å²) < 4.78 is 13.3. The molecule has 68 valence electrons. The number of rotatable bonds is 2. The van der Waals surface area contributed by atoms with Crippen LogP contribution < -0.4 is 11.3 Å². The van der Waals surface area contributed by atoms with Gasteiger partial charge in [-0.15, -0.1) is 6.42 Å². The first-order chi connectivity index (χ1) is 6.20. The predicted molar refractivity (Wildman–Crippen MR) is 50.3 cm³/mol. The van der Waals surface area contributed by atoms with Crippen molar-refractivity contribution >= 4 is 11.6 Å². The third-order valence-corrected chi connectivity index (χ3v) is 1.92. The van der Waals surface area contributed by atoms with E-state index in [2.05, 4.69) is 11.3 Å². The fourth-order valence-electron chi connectivity index (χ4n) is 0.971. The summed E-state index contributed by atoms with van der Waals surface area (Å²) >= 11 is 5.56. The van der Waals surface area contributed by atoms with Gasteiger partial charge in [-0.25, -0.2) is 9.82 Å². The van der Waals surface area contributed by atoms with Crippen molar-refractivity contribution in [1.29, 1.82) is 0 Å². The summed E-state index contributed by atoms with van der Waals surface area (Å²) in [6.07, 6.45) is 5.13. The van der Waals surface area contributed by atoms with E-state index in [0.29, 0.717) is 0 Å². The third-order valence-electron chi connectivity index (χ3n) is 1.63. The first kappa shape index (κ1) is 10.0. The highest BCUT2D eigenvalue weighted by Crippen LogP contribution is 2.22. The first-order valence-electron chi connectivity index (χ1n) is 3.57. The van der Waals surface area contributed by atoms with Gasteiger partial charge in [0.25, 0.3) is 0 Å². The Hall–Kier alpha value is -1.08. The molecule has 0 saturated carbocycles. The molecule has 1 unspecified atom stereocenters. The fraction of sp³-hybridized carbons (Fsp3) is 0.111. The number of halogens is 2. The Balaban J connectivity index is 3.15. The number of nitrogens with two attached hydrogens (primary N) is 1. The lowest BCUT2D eigenvalue weighted by atomic mass is 10.1. The van der Waals surface area contributed by atoms with Gasteiger partial charge in [-0.05, 0) is 6.07 Å². The number of nitrogens with one attached hydrogen (secondary N) is 1. The molecule has 4 heteroatoms. The third kappa shape index (κ3) is 1.99. The maximum absolute atomic E-state index is 13.3. The smallest absolute Gasteiger partial charge is 0.147 e. The summed E-state index contributed by atoms with van der Waals surface area (Å²) in [5, 5.41) is 0.0352. The van der Waals surface area contributed by atoms with Crippen LogP contribution in [0.1, 0.15) is 11.6 Å². The van der Waals surface area contributed by atoms with Crippen molar-refractivity contribution in [2.24, 2.45) is 5.84 Å². The topological polar surface area (TPSA) is 38.0 Å². The second-order valence-corrected chi connectivity index (χ2v) is 2.82. The number of hydrogen-bond donors (Lipinski definition) is 2. The number of hydrogen-bond acceptors (Lipinski definition) is 2. The van der Waals surface area contributed by atoms with Crippen LogP contribution in [0.4, 0.5) is 4.39 Å². The van der Waals surface area contributed by atoms with Crippen molar-refractivity contribution in [3.8, 4) is 12.3 Å². The highest BCUT2D eigenvalue weighted by Gasteiger charge is 2.13. The zero-order chi connectivity index (χ0) is 9.84. The minimum Gasteiger partial charge on any atom is -0.270 e. The number of benzene rings is 1. The summed E-state index contributed by atoms with van der Waals surface area (Å²) in [6, 6.07) is 3.94.